The van der Waals surface area contributed by atoms with E-state index in [0.29, 0.717) is 0 Å². The highest BCUT2D eigenvalue weighted by Gasteiger charge is 2.44. The van der Waals surface area contributed by atoms with Crippen molar-refractivity contribution in [2.75, 3.05) is 6.54 Å². The van der Waals surface area contributed by atoms with E-state index < -0.39 is 0 Å². The molecular weight excluding hydrogens is 265 g/mol. The molecule has 1 nitrogen and oxygen atoms in total. The van der Waals surface area contributed by atoms with E-state index in [4.69, 9.17) is 11.6 Å². The summed E-state index contributed by atoms with van der Waals surface area (Å²) < 4.78 is 0. The summed E-state index contributed by atoms with van der Waals surface area (Å²) in [5, 5.41) is 0.848. The molecule has 3 heteroatoms. The van der Waals surface area contributed by atoms with Crippen LogP contribution in [0.25, 0.3) is 0 Å². The summed E-state index contributed by atoms with van der Waals surface area (Å²) in [6, 6.07) is 8.55. The molecule has 3 fully saturated rings. The second-order valence-electron chi connectivity index (χ2n) is 5.70. The second kappa shape index (κ2) is 5.81. The van der Waals surface area contributed by atoms with Crippen LogP contribution in [-0.4, -0.2) is 6.54 Å². The molecule has 0 unspecified atom stereocenters. The number of fused-ring (bicyclic) bond motifs is 3. The maximum Gasteiger partial charge on any atom is 0.0777 e. The molecule has 0 radical (unpaired) electrons. The predicted molar refractivity (Wildman–Crippen MR) is 70.9 cm³/mol. The average molecular weight is 286 g/mol. The zero-order valence-electron chi connectivity index (χ0n) is 10.6. The summed E-state index contributed by atoms with van der Waals surface area (Å²) in [6.07, 6.45) is 5.73. The molecule has 0 spiro atoms. The second-order valence-corrected chi connectivity index (χ2v) is 6.14. The molecular formula is C15H21Cl2N. The minimum atomic E-state index is 0. The summed E-state index contributed by atoms with van der Waals surface area (Å²) in [6.45, 7) is 1.09. The Morgan fingerprint density at radius 1 is 1.00 bits per heavy atom. The van der Waals surface area contributed by atoms with Crippen molar-refractivity contribution in [3.05, 3.63) is 34.9 Å². The highest BCUT2D eigenvalue weighted by Crippen LogP contribution is 2.52. The number of quaternary nitrogens is 1. The van der Waals surface area contributed by atoms with Crippen molar-refractivity contribution in [2.45, 2.75) is 31.6 Å². The van der Waals surface area contributed by atoms with Crippen molar-refractivity contribution in [3.8, 4) is 0 Å². The molecule has 0 aliphatic heterocycles. The van der Waals surface area contributed by atoms with Crippen LogP contribution in [0.3, 0.4) is 0 Å². The van der Waals surface area contributed by atoms with E-state index in [0.717, 1.165) is 35.2 Å². The molecule has 18 heavy (non-hydrogen) atoms. The molecule has 100 valence electrons. The van der Waals surface area contributed by atoms with Gasteiger partial charge in [-0.15, -0.1) is 0 Å². The Hall–Kier alpha value is -0.240. The summed E-state index contributed by atoms with van der Waals surface area (Å²) in [7, 11) is 0. The molecule has 0 amide bonds. The van der Waals surface area contributed by atoms with Crippen molar-refractivity contribution in [1.82, 2.24) is 0 Å². The van der Waals surface area contributed by atoms with E-state index in [1.807, 2.05) is 12.1 Å². The lowest BCUT2D eigenvalue weighted by atomic mass is 9.57. The van der Waals surface area contributed by atoms with Crippen LogP contribution in [0.2, 0.25) is 5.02 Å². The smallest absolute Gasteiger partial charge is 0.0777 e. The minimum absolute atomic E-state index is 0. The monoisotopic (exact) mass is 285 g/mol. The van der Waals surface area contributed by atoms with Gasteiger partial charge in [-0.3, -0.25) is 0 Å². The Morgan fingerprint density at radius 3 is 2.11 bits per heavy atom. The van der Waals surface area contributed by atoms with Crippen LogP contribution in [0.4, 0.5) is 0 Å². The Bertz CT molecular complexity index is 382. The van der Waals surface area contributed by atoms with Crippen molar-refractivity contribution in [1.29, 1.82) is 0 Å². The summed E-state index contributed by atoms with van der Waals surface area (Å²) in [4.78, 5) is 0. The van der Waals surface area contributed by atoms with Gasteiger partial charge >= 0.3 is 0 Å². The van der Waals surface area contributed by atoms with Crippen LogP contribution < -0.4 is 18.1 Å². The van der Waals surface area contributed by atoms with Crippen molar-refractivity contribution < 1.29 is 18.1 Å². The lowest BCUT2D eigenvalue weighted by Gasteiger charge is -2.47. The number of rotatable bonds is 2. The van der Waals surface area contributed by atoms with E-state index in [9.17, 15) is 0 Å². The van der Waals surface area contributed by atoms with Gasteiger partial charge in [0.1, 0.15) is 0 Å². The van der Waals surface area contributed by atoms with Gasteiger partial charge in [-0.25, -0.2) is 0 Å². The Labute approximate surface area is 121 Å². The van der Waals surface area contributed by atoms with Crippen LogP contribution in [0.15, 0.2) is 24.3 Å². The third-order valence-electron chi connectivity index (χ3n) is 4.98. The van der Waals surface area contributed by atoms with Crippen molar-refractivity contribution >= 4 is 11.6 Å². The fourth-order valence-electron chi connectivity index (χ4n) is 4.19. The van der Waals surface area contributed by atoms with Gasteiger partial charge in [0, 0.05) is 10.9 Å². The van der Waals surface area contributed by atoms with Crippen LogP contribution >= 0.6 is 11.6 Å². The van der Waals surface area contributed by atoms with Gasteiger partial charge in [-0.2, -0.15) is 0 Å². The Morgan fingerprint density at radius 2 is 1.56 bits per heavy atom. The Balaban J connectivity index is 0.00000120. The first kappa shape index (κ1) is 14.2. The molecule has 2 atom stereocenters. The quantitative estimate of drug-likeness (QED) is 0.799. The van der Waals surface area contributed by atoms with Gasteiger partial charge in [0.25, 0.3) is 0 Å². The maximum absolute atomic E-state index is 5.99. The fraction of sp³-hybridized carbons (Fsp3) is 0.600. The topological polar surface area (TPSA) is 27.6 Å². The standard InChI is InChI=1S/C15H20ClN.ClH/c16-13-7-5-12(6-8-13)15-11-3-1-10(2-4-11)14(15)9-17;/h5-8,10-11,14-15H,1-4,9,17H2;1H/t10?,11?,14-,15+;/m0./s1. The lowest BCUT2D eigenvalue weighted by Crippen LogP contribution is -3.00. The average Bonchev–Trinajstić information content (AvgIpc) is 2.40. The van der Waals surface area contributed by atoms with Gasteiger partial charge in [-0.05, 0) is 61.1 Å². The van der Waals surface area contributed by atoms with Gasteiger partial charge in [-0.1, -0.05) is 23.7 Å². The molecule has 0 saturated heterocycles. The molecule has 4 rings (SSSR count). The SMILES string of the molecule is [Cl-].[NH3+]C[C@H]1C2CCC(CC2)[C@@H]1c1ccc(Cl)cc1. The van der Waals surface area contributed by atoms with Gasteiger partial charge in [0.05, 0.1) is 6.54 Å². The first-order valence-electron chi connectivity index (χ1n) is 6.84. The summed E-state index contributed by atoms with van der Waals surface area (Å²) >= 11 is 5.99. The number of hydrogen-bond donors (Lipinski definition) is 1. The summed E-state index contributed by atoms with van der Waals surface area (Å²) in [5.74, 6) is 3.38. The number of halogens is 2. The molecule has 0 heterocycles. The first-order chi connectivity index (χ1) is 8.29. The van der Waals surface area contributed by atoms with Crippen LogP contribution in [0, 0.1) is 17.8 Å². The number of benzene rings is 1. The lowest BCUT2D eigenvalue weighted by molar-refractivity contribution is -0.387. The molecule has 1 aromatic rings. The molecule has 3 aliphatic carbocycles. The molecule has 3 aliphatic rings. The molecule has 3 N–H and O–H groups in total. The molecule has 2 bridgehead atoms. The fourth-order valence-corrected chi connectivity index (χ4v) is 4.32. The maximum atomic E-state index is 5.99. The van der Waals surface area contributed by atoms with E-state index in [1.165, 1.54) is 31.2 Å². The van der Waals surface area contributed by atoms with E-state index >= 15 is 0 Å². The highest BCUT2D eigenvalue weighted by molar-refractivity contribution is 6.30. The first-order valence-corrected chi connectivity index (χ1v) is 7.22. The van der Waals surface area contributed by atoms with E-state index in [-0.39, 0.29) is 12.4 Å². The zero-order chi connectivity index (χ0) is 11.8. The van der Waals surface area contributed by atoms with E-state index in [1.54, 1.807) is 0 Å². The van der Waals surface area contributed by atoms with Crippen LogP contribution in [0.1, 0.15) is 37.2 Å². The predicted octanol–water partition coefficient (Wildman–Crippen LogP) is 0.106. The molecule has 1 aromatic carbocycles. The van der Waals surface area contributed by atoms with Gasteiger partial charge < -0.3 is 18.1 Å². The minimum Gasteiger partial charge on any atom is -1.00 e. The van der Waals surface area contributed by atoms with Gasteiger partial charge in [0.2, 0.25) is 0 Å². The largest absolute Gasteiger partial charge is 1.00 e. The van der Waals surface area contributed by atoms with Crippen LogP contribution in [0.5, 0.6) is 0 Å². The third kappa shape index (κ3) is 2.41. The van der Waals surface area contributed by atoms with E-state index in [2.05, 4.69) is 17.9 Å². The van der Waals surface area contributed by atoms with Crippen LogP contribution in [-0.2, 0) is 0 Å². The summed E-state index contributed by atoms with van der Waals surface area (Å²) in [5.41, 5.74) is 5.69. The van der Waals surface area contributed by atoms with Crippen molar-refractivity contribution in [2.24, 2.45) is 17.8 Å². The number of hydrogen-bond acceptors (Lipinski definition) is 0. The Kier molecular flexibility index (Phi) is 4.58. The molecule has 0 aromatic heterocycles. The normalized spacial score (nSPS) is 34.1. The highest BCUT2D eigenvalue weighted by atomic mass is 35.5. The zero-order valence-corrected chi connectivity index (χ0v) is 12.1. The molecule has 3 saturated carbocycles. The van der Waals surface area contributed by atoms with Crippen molar-refractivity contribution in [3.63, 3.8) is 0 Å². The third-order valence-corrected chi connectivity index (χ3v) is 5.23. The van der Waals surface area contributed by atoms with Gasteiger partial charge in [0.15, 0.2) is 0 Å².